The van der Waals surface area contributed by atoms with Crippen LogP contribution in [-0.2, 0) is 19.9 Å². The van der Waals surface area contributed by atoms with Gasteiger partial charge >= 0.3 is 0 Å². The Morgan fingerprint density at radius 2 is 1.30 bits per heavy atom. The quantitative estimate of drug-likeness (QED) is 0.583. The highest BCUT2D eigenvalue weighted by molar-refractivity contribution is 7.93. The number of nitrogens with one attached hydrogen (secondary N) is 1. The minimum atomic E-state index is -3.96. The minimum Gasteiger partial charge on any atom is -0.356 e. The molecular weight excluding hydrogens is 420 g/mol. The maximum atomic E-state index is 13.3. The van der Waals surface area contributed by atoms with Crippen LogP contribution in [0.15, 0.2) is 88.7 Å². The Morgan fingerprint density at radius 3 is 1.87 bits per heavy atom. The number of hydrogen-bond acceptors (Lipinski definition) is 5. The predicted molar refractivity (Wildman–Crippen MR) is 121 cm³/mol. The van der Waals surface area contributed by atoms with Crippen LogP contribution in [0.4, 0.5) is 17.1 Å². The lowest BCUT2D eigenvalue weighted by molar-refractivity contribution is 0.584. The van der Waals surface area contributed by atoms with Crippen molar-refractivity contribution in [1.82, 2.24) is 0 Å². The molecule has 0 saturated carbocycles. The van der Waals surface area contributed by atoms with Gasteiger partial charge in [0.25, 0.3) is 10.0 Å². The van der Waals surface area contributed by atoms with Crippen molar-refractivity contribution in [3.63, 3.8) is 0 Å². The smallest absolute Gasteiger partial charge is 0.264 e. The van der Waals surface area contributed by atoms with Crippen LogP contribution in [0.1, 0.15) is 13.8 Å². The summed E-state index contributed by atoms with van der Waals surface area (Å²) in [6.07, 6.45) is 1.05. The van der Waals surface area contributed by atoms with Crippen molar-refractivity contribution < 1.29 is 16.8 Å². The Bertz CT molecular complexity index is 1220. The molecular formula is C22H24N2O4S2. The van der Waals surface area contributed by atoms with Crippen LogP contribution in [-0.4, -0.2) is 29.1 Å². The van der Waals surface area contributed by atoms with E-state index in [0.717, 1.165) is 17.6 Å². The maximum Gasteiger partial charge on any atom is 0.264 e. The number of sulfonamides is 1. The molecule has 0 fully saturated rings. The van der Waals surface area contributed by atoms with Crippen molar-refractivity contribution in [2.24, 2.45) is 0 Å². The van der Waals surface area contributed by atoms with E-state index >= 15 is 0 Å². The van der Waals surface area contributed by atoms with Gasteiger partial charge in [-0.3, -0.25) is 4.31 Å². The molecule has 6 nitrogen and oxygen atoms in total. The summed E-state index contributed by atoms with van der Waals surface area (Å²) in [6.45, 7) is 3.54. The highest BCUT2D eigenvalue weighted by Gasteiger charge is 2.28. The molecule has 0 radical (unpaired) electrons. The summed E-state index contributed by atoms with van der Waals surface area (Å²) >= 11 is 0. The van der Waals surface area contributed by atoms with Gasteiger partial charge in [-0.05, 0) is 68.4 Å². The monoisotopic (exact) mass is 444 g/mol. The first-order chi connectivity index (χ1) is 14.1. The van der Waals surface area contributed by atoms with Crippen molar-refractivity contribution in [1.29, 1.82) is 0 Å². The Morgan fingerprint density at radius 1 is 0.733 bits per heavy atom. The van der Waals surface area contributed by atoms with Crippen molar-refractivity contribution in [3.8, 4) is 0 Å². The van der Waals surface area contributed by atoms with Gasteiger partial charge in [-0.2, -0.15) is 0 Å². The normalized spacial score (nSPS) is 12.0. The van der Waals surface area contributed by atoms with Gasteiger partial charge in [0, 0.05) is 23.7 Å². The summed E-state index contributed by atoms with van der Waals surface area (Å²) in [6, 6.07) is 21.8. The molecule has 158 valence electrons. The number of nitrogens with zero attached hydrogens (tertiary/aromatic N) is 1. The minimum absolute atomic E-state index is 0.0327. The van der Waals surface area contributed by atoms with Gasteiger partial charge < -0.3 is 5.32 Å². The molecule has 0 atom stereocenters. The summed E-state index contributed by atoms with van der Waals surface area (Å²) in [5.41, 5.74) is 2.25. The van der Waals surface area contributed by atoms with Gasteiger partial charge in [0.1, 0.15) is 0 Å². The van der Waals surface area contributed by atoms with Crippen molar-refractivity contribution in [3.05, 3.63) is 78.9 Å². The summed E-state index contributed by atoms with van der Waals surface area (Å²) in [5.74, 6) is 0. The van der Waals surface area contributed by atoms with Crippen LogP contribution in [0, 0.1) is 0 Å². The second-order valence-electron chi connectivity index (χ2n) is 7.18. The molecule has 0 aliphatic carbocycles. The van der Waals surface area contributed by atoms with Crippen molar-refractivity contribution in [2.75, 3.05) is 15.9 Å². The molecule has 0 unspecified atom stereocenters. The van der Waals surface area contributed by atoms with Gasteiger partial charge in [-0.1, -0.05) is 24.3 Å². The second kappa shape index (κ2) is 8.49. The summed E-state index contributed by atoms with van der Waals surface area (Å²) in [4.78, 5) is -0.0969. The molecule has 3 aromatic rings. The molecule has 0 bridgehead atoms. The zero-order valence-electron chi connectivity index (χ0n) is 17.0. The number of benzene rings is 3. The number of anilines is 3. The lowest BCUT2D eigenvalue weighted by Crippen LogP contribution is -2.37. The number of para-hydroxylation sites is 1. The van der Waals surface area contributed by atoms with Gasteiger partial charge in [0.2, 0.25) is 0 Å². The topological polar surface area (TPSA) is 83.6 Å². The molecule has 0 heterocycles. The van der Waals surface area contributed by atoms with E-state index in [-0.39, 0.29) is 15.8 Å². The third kappa shape index (κ3) is 4.83. The molecule has 30 heavy (non-hydrogen) atoms. The van der Waals surface area contributed by atoms with Crippen LogP contribution < -0.4 is 9.62 Å². The maximum absolute atomic E-state index is 13.3. The van der Waals surface area contributed by atoms with Crippen molar-refractivity contribution >= 4 is 36.9 Å². The molecule has 0 aromatic heterocycles. The molecule has 0 saturated heterocycles. The Balaban J connectivity index is 1.95. The predicted octanol–water partition coefficient (Wildman–Crippen LogP) is 4.44. The molecule has 0 aliphatic rings. The highest BCUT2D eigenvalue weighted by Crippen LogP contribution is 2.29. The first kappa shape index (κ1) is 21.9. The number of sulfone groups is 1. The van der Waals surface area contributed by atoms with Crippen LogP contribution >= 0.6 is 0 Å². The third-order valence-electron chi connectivity index (χ3n) is 4.44. The third-order valence-corrected chi connectivity index (χ3v) is 7.55. The van der Waals surface area contributed by atoms with E-state index in [2.05, 4.69) is 5.32 Å². The average molecular weight is 445 g/mol. The largest absolute Gasteiger partial charge is 0.356 e. The van der Waals surface area contributed by atoms with Gasteiger partial charge in [0.15, 0.2) is 9.84 Å². The Kier molecular flexibility index (Phi) is 6.19. The Labute approximate surface area is 178 Å². The first-order valence-electron chi connectivity index (χ1n) is 9.36. The van der Waals surface area contributed by atoms with E-state index in [0.29, 0.717) is 5.69 Å². The van der Waals surface area contributed by atoms with Crippen LogP contribution in [0.3, 0.4) is 0 Å². The van der Waals surface area contributed by atoms with Gasteiger partial charge in [0.05, 0.1) is 15.5 Å². The molecule has 1 N–H and O–H groups in total. The lowest BCUT2D eigenvalue weighted by Gasteiger charge is -2.28. The fourth-order valence-corrected chi connectivity index (χ4v) is 5.52. The molecule has 0 spiro atoms. The van der Waals surface area contributed by atoms with E-state index in [1.165, 1.54) is 28.6 Å². The fraction of sp³-hybridized carbons (Fsp3) is 0.182. The molecule has 3 aromatic carbocycles. The van der Waals surface area contributed by atoms with E-state index in [9.17, 15) is 16.8 Å². The van der Waals surface area contributed by atoms with Gasteiger partial charge in [-0.15, -0.1) is 0 Å². The number of rotatable bonds is 7. The first-order valence-corrected chi connectivity index (χ1v) is 12.7. The average Bonchev–Trinajstić information content (AvgIpc) is 2.69. The van der Waals surface area contributed by atoms with Crippen LogP contribution in [0.2, 0.25) is 0 Å². The SMILES string of the molecule is CC(C)N(c1ccc(Nc2ccccc2)cc1)S(=O)(=O)c1cccc(S(C)(=O)=O)c1. The van der Waals surface area contributed by atoms with Crippen LogP contribution in [0.5, 0.6) is 0 Å². The Hall–Kier alpha value is -2.84. The summed E-state index contributed by atoms with van der Waals surface area (Å²) in [7, 11) is -7.48. The van der Waals surface area contributed by atoms with Crippen LogP contribution in [0.25, 0.3) is 0 Å². The number of hydrogen-bond donors (Lipinski definition) is 1. The molecule has 0 aliphatic heterocycles. The standard InChI is InChI=1S/C22H24N2O4S2/c1-17(2)24(30(27,28)22-11-7-10-21(16-22)29(3,25)26)20-14-12-19(13-15-20)23-18-8-5-4-6-9-18/h4-17,23H,1-3H3. The zero-order valence-corrected chi connectivity index (χ0v) is 18.6. The van der Waals surface area contributed by atoms with E-state index < -0.39 is 19.9 Å². The van der Waals surface area contributed by atoms with E-state index in [1.807, 2.05) is 30.3 Å². The zero-order chi connectivity index (χ0) is 21.9. The fourth-order valence-electron chi connectivity index (χ4n) is 3.07. The van der Waals surface area contributed by atoms with E-state index in [4.69, 9.17) is 0 Å². The molecule has 3 rings (SSSR count). The highest BCUT2D eigenvalue weighted by atomic mass is 32.2. The molecule has 8 heteroatoms. The lowest BCUT2D eigenvalue weighted by atomic mass is 10.2. The summed E-state index contributed by atoms with van der Waals surface area (Å²) in [5, 5.41) is 3.26. The van der Waals surface area contributed by atoms with E-state index in [1.54, 1.807) is 38.1 Å². The summed E-state index contributed by atoms with van der Waals surface area (Å²) < 4.78 is 51.7. The molecule has 0 amide bonds. The second-order valence-corrected chi connectivity index (χ2v) is 11.0. The van der Waals surface area contributed by atoms with Gasteiger partial charge in [-0.25, -0.2) is 16.8 Å². The van der Waals surface area contributed by atoms with Crippen molar-refractivity contribution in [2.45, 2.75) is 29.7 Å².